The summed E-state index contributed by atoms with van der Waals surface area (Å²) in [6, 6.07) is 0. The van der Waals surface area contributed by atoms with Crippen LogP contribution >= 0.6 is 0 Å². The third kappa shape index (κ3) is 4.21. The van der Waals surface area contributed by atoms with Gasteiger partial charge in [-0.25, -0.2) is 0 Å². The molecule has 0 saturated heterocycles. The molecule has 0 rings (SSSR count). The summed E-state index contributed by atoms with van der Waals surface area (Å²) in [6.07, 6.45) is 3.43. The molecule has 0 amide bonds. The number of aliphatic hydroxyl groups excluding tert-OH is 3. The van der Waals surface area contributed by atoms with E-state index in [2.05, 4.69) is 6.92 Å². The Balaban J connectivity index is 4.53. The lowest BCUT2D eigenvalue weighted by Crippen LogP contribution is -2.55. The summed E-state index contributed by atoms with van der Waals surface area (Å²) in [6.45, 7) is 4.64. The molecule has 0 aromatic carbocycles. The van der Waals surface area contributed by atoms with Gasteiger partial charge in [0.05, 0.1) is 24.9 Å². The Hall–Kier alpha value is -0.160. The van der Waals surface area contributed by atoms with Gasteiger partial charge in [-0.2, -0.15) is 0 Å². The molecule has 0 saturated carbocycles. The number of rotatable bonds is 9. The molecule has 4 heteroatoms. The van der Waals surface area contributed by atoms with E-state index in [0.29, 0.717) is 6.42 Å². The standard InChI is InChI=1S/C13H28O4/c1-4-5-6-7-8-13(17,10-15)12(2,3)11(16)9-14/h11,14-17H,4-10H2,1-3H3. The van der Waals surface area contributed by atoms with Crippen molar-refractivity contribution >= 4 is 0 Å². The molecule has 4 N–H and O–H groups in total. The van der Waals surface area contributed by atoms with Gasteiger partial charge in [-0.3, -0.25) is 0 Å². The molecule has 4 nitrogen and oxygen atoms in total. The summed E-state index contributed by atoms with van der Waals surface area (Å²) in [4.78, 5) is 0. The van der Waals surface area contributed by atoms with E-state index in [1.807, 2.05) is 0 Å². The fraction of sp³-hybridized carbons (Fsp3) is 1.00. The van der Waals surface area contributed by atoms with Gasteiger partial charge in [0.15, 0.2) is 0 Å². The van der Waals surface area contributed by atoms with Crippen LogP contribution in [0.1, 0.15) is 52.9 Å². The third-order valence-electron chi connectivity index (χ3n) is 3.91. The smallest absolute Gasteiger partial charge is 0.0953 e. The van der Waals surface area contributed by atoms with Crippen LogP contribution in [0.25, 0.3) is 0 Å². The molecule has 0 aliphatic rings. The van der Waals surface area contributed by atoms with Crippen molar-refractivity contribution < 1.29 is 20.4 Å². The molecule has 0 heterocycles. The molecule has 0 aliphatic carbocycles. The van der Waals surface area contributed by atoms with Crippen LogP contribution in [0.3, 0.4) is 0 Å². The van der Waals surface area contributed by atoms with Crippen molar-refractivity contribution in [3.05, 3.63) is 0 Å². The SMILES string of the molecule is CCCCCCC(O)(CO)C(C)(C)C(O)CO. The van der Waals surface area contributed by atoms with Crippen LogP contribution in [-0.2, 0) is 0 Å². The van der Waals surface area contributed by atoms with Crippen molar-refractivity contribution in [2.75, 3.05) is 13.2 Å². The predicted molar refractivity (Wildman–Crippen MR) is 67.7 cm³/mol. The summed E-state index contributed by atoms with van der Waals surface area (Å²) in [7, 11) is 0. The fourth-order valence-corrected chi connectivity index (χ4v) is 1.99. The summed E-state index contributed by atoms with van der Waals surface area (Å²) in [5.41, 5.74) is -2.27. The first-order valence-electron chi connectivity index (χ1n) is 6.48. The molecule has 17 heavy (non-hydrogen) atoms. The molecule has 0 bridgehead atoms. The lowest BCUT2D eigenvalue weighted by Gasteiger charge is -2.44. The van der Waals surface area contributed by atoms with Crippen molar-refractivity contribution in [1.82, 2.24) is 0 Å². The van der Waals surface area contributed by atoms with Gasteiger partial charge in [-0.05, 0) is 6.42 Å². The maximum atomic E-state index is 10.4. The minimum absolute atomic E-state index is 0.400. The summed E-state index contributed by atoms with van der Waals surface area (Å²) < 4.78 is 0. The Morgan fingerprint density at radius 1 is 1.06 bits per heavy atom. The second kappa shape index (κ2) is 7.31. The monoisotopic (exact) mass is 248 g/mol. The Labute approximate surface area is 104 Å². The second-order valence-electron chi connectivity index (χ2n) is 5.42. The highest BCUT2D eigenvalue weighted by Crippen LogP contribution is 2.38. The predicted octanol–water partition coefficient (Wildman–Crippen LogP) is 1.06. The van der Waals surface area contributed by atoms with E-state index in [1.54, 1.807) is 13.8 Å². The van der Waals surface area contributed by atoms with Gasteiger partial charge in [0.1, 0.15) is 0 Å². The average molecular weight is 248 g/mol. The largest absolute Gasteiger partial charge is 0.394 e. The molecule has 0 fully saturated rings. The van der Waals surface area contributed by atoms with Crippen LogP contribution < -0.4 is 0 Å². The zero-order chi connectivity index (χ0) is 13.5. The van der Waals surface area contributed by atoms with E-state index < -0.39 is 30.3 Å². The normalized spacial score (nSPS) is 17.8. The van der Waals surface area contributed by atoms with Crippen LogP contribution in [0.4, 0.5) is 0 Å². The highest BCUT2D eigenvalue weighted by Gasteiger charge is 2.46. The Kier molecular flexibility index (Phi) is 7.24. The van der Waals surface area contributed by atoms with Crippen molar-refractivity contribution in [3.63, 3.8) is 0 Å². The highest BCUT2D eigenvalue weighted by molar-refractivity contribution is 4.97. The van der Waals surface area contributed by atoms with Crippen LogP contribution in [0, 0.1) is 5.41 Å². The lowest BCUT2D eigenvalue weighted by atomic mass is 9.69. The highest BCUT2D eigenvalue weighted by atomic mass is 16.3. The first kappa shape index (κ1) is 16.8. The molecule has 0 radical (unpaired) electrons. The van der Waals surface area contributed by atoms with E-state index in [0.717, 1.165) is 25.7 Å². The molecule has 2 unspecified atom stereocenters. The maximum Gasteiger partial charge on any atom is 0.0953 e. The molecular weight excluding hydrogens is 220 g/mol. The van der Waals surface area contributed by atoms with Gasteiger partial charge in [0.25, 0.3) is 0 Å². The molecule has 104 valence electrons. The van der Waals surface area contributed by atoms with Crippen LogP contribution in [-0.4, -0.2) is 45.3 Å². The fourth-order valence-electron chi connectivity index (χ4n) is 1.99. The van der Waals surface area contributed by atoms with Gasteiger partial charge in [0.2, 0.25) is 0 Å². The van der Waals surface area contributed by atoms with Gasteiger partial charge in [0, 0.05) is 5.41 Å². The quantitative estimate of drug-likeness (QED) is 0.460. The van der Waals surface area contributed by atoms with E-state index in [-0.39, 0.29) is 0 Å². The van der Waals surface area contributed by atoms with E-state index in [4.69, 9.17) is 5.11 Å². The number of aliphatic hydroxyl groups is 4. The lowest BCUT2D eigenvalue weighted by molar-refractivity contribution is -0.162. The van der Waals surface area contributed by atoms with Gasteiger partial charge in [-0.1, -0.05) is 46.5 Å². The molecule has 2 atom stereocenters. The first-order chi connectivity index (χ1) is 7.85. The number of hydrogen-bond acceptors (Lipinski definition) is 4. The van der Waals surface area contributed by atoms with Crippen LogP contribution in [0.2, 0.25) is 0 Å². The minimum atomic E-state index is -1.34. The third-order valence-corrected chi connectivity index (χ3v) is 3.91. The topological polar surface area (TPSA) is 80.9 Å². The van der Waals surface area contributed by atoms with Gasteiger partial charge < -0.3 is 20.4 Å². The van der Waals surface area contributed by atoms with Crippen molar-refractivity contribution in [2.45, 2.75) is 64.6 Å². The zero-order valence-corrected chi connectivity index (χ0v) is 11.3. The van der Waals surface area contributed by atoms with Crippen molar-refractivity contribution in [1.29, 1.82) is 0 Å². The summed E-state index contributed by atoms with van der Waals surface area (Å²) in [5.74, 6) is 0. The average Bonchev–Trinajstić information content (AvgIpc) is 2.32. The minimum Gasteiger partial charge on any atom is -0.394 e. The first-order valence-corrected chi connectivity index (χ1v) is 6.48. The Morgan fingerprint density at radius 2 is 1.65 bits per heavy atom. The van der Waals surface area contributed by atoms with Crippen LogP contribution in [0.15, 0.2) is 0 Å². The van der Waals surface area contributed by atoms with Gasteiger partial charge >= 0.3 is 0 Å². The van der Waals surface area contributed by atoms with Crippen molar-refractivity contribution in [3.8, 4) is 0 Å². The maximum absolute atomic E-state index is 10.4. The molecule has 0 aromatic rings. The Bertz CT molecular complexity index is 206. The summed E-state index contributed by atoms with van der Waals surface area (Å²) in [5, 5.41) is 38.5. The summed E-state index contributed by atoms with van der Waals surface area (Å²) >= 11 is 0. The van der Waals surface area contributed by atoms with E-state index in [1.165, 1.54) is 0 Å². The van der Waals surface area contributed by atoms with Crippen LogP contribution in [0.5, 0.6) is 0 Å². The molecule has 0 aromatic heterocycles. The number of hydrogen-bond donors (Lipinski definition) is 4. The second-order valence-corrected chi connectivity index (χ2v) is 5.42. The van der Waals surface area contributed by atoms with Crippen molar-refractivity contribution in [2.24, 2.45) is 5.41 Å². The number of unbranched alkanes of at least 4 members (excludes halogenated alkanes) is 3. The zero-order valence-electron chi connectivity index (χ0n) is 11.3. The molecular formula is C13H28O4. The van der Waals surface area contributed by atoms with E-state index >= 15 is 0 Å². The van der Waals surface area contributed by atoms with E-state index in [9.17, 15) is 15.3 Å². The molecule has 0 aliphatic heterocycles. The Morgan fingerprint density at radius 3 is 2.06 bits per heavy atom. The molecule has 0 spiro atoms. The van der Waals surface area contributed by atoms with Gasteiger partial charge in [-0.15, -0.1) is 0 Å².